The molecule has 3 aromatic heterocycles. The molecule has 3 heterocycles. The van der Waals surface area contributed by atoms with Crippen LogP contribution in [-0.4, -0.2) is 24.6 Å². The van der Waals surface area contributed by atoms with Crippen LogP contribution in [0.1, 0.15) is 105 Å². The third kappa shape index (κ3) is 8.41. The summed E-state index contributed by atoms with van der Waals surface area (Å²) in [5, 5.41) is 14.6. The van der Waals surface area contributed by atoms with Crippen molar-refractivity contribution < 1.29 is 9.52 Å². The largest absolute Gasteiger partial charge is 0.507 e. The summed E-state index contributed by atoms with van der Waals surface area (Å²) in [7, 11) is 0. The van der Waals surface area contributed by atoms with E-state index in [0.717, 1.165) is 94.6 Å². The number of aromatic hydroxyl groups is 1. The number of aromatic nitrogens is 4. The molecule has 0 radical (unpaired) electrons. The van der Waals surface area contributed by atoms with E-state index >= 15 is 0 Å². The Kier molecular flexibility index (Phi) is 10.8. The van der Waals surface area contributed by atoms with Gasteiger partial charge in [-0.1, -0.05) is 168 Å². The zero-order valence-corrected chi connectivity index (χ0v) is 42.1. The number of benzene rings is 7. The number of furan rings is 1. The molecule has 7 aromatic carbocycles. The van der Waals surface area contributed by atoms with Gasteiger partial charge in [0, 0.05) is 38.6 Å². The SMILES string of the molecule is CC(C)(C)c1cc(-c2ncnc3cc(-c4cc5ccccc5o4)ccc23)cc(-c2cccc3c2nc(-c2cc(C(C)(C)C)cc(C(C)(C)C)c2O)n3-c2ccc(C(C)(C)C)cc2-c2ccccc2)c1. The molecule has 69 heavy (non-hydrogen) atoms. The third-order valence-electron chi connectivity index (χ3n) is 13.6. The van der Waals surface area contributed by atoms with E-state index in [1.165, 1.54) is 11.1 Å². The van der Waals surface area contributed by atoms with Crippen molar-refractivity contribution in [3.63, 3.8) is 0 Å². The number of nitrogens with zero attached hydrogens (tertiary/aromatic N) is 4. The van der Waals surface area contributed by atoms with Gasteiger partial charge in [-0.2, -0.15) is 0 Å². The fourth-order valence-corrected chi connectivity index (χ4v) is 9.53. The minimum atomic E-state index is -0.338. The number of fused-ring (bicyclic) bond motifs is 3. The van der Waals surface area contributed by atoms with Crippen molar-refractivity contribution in [3.05, 3.63) is 174 Å². The Labute approximate surface area is 406 Å². The van der Waals surface area contributed by atoms with Crippen molar-refractivity contribution in [1.82, 2.24) is 19.5 Å². The molecule has 6 heteroatoms. The minimum absolute atomic E-state index is 0.0857. The zero-order valence-electron chi connectivity index (χ0n) is 42.1. The first-order chi connectivity index (χ1) is 32.6. The van der Waals surface area contributed by atoms with Crippen LogP contribution < -0.4 is 0 Å². The molecule has 6 nitrogen and oxygen atoms in total. The van der Waals surface area contributed by atoms with Crippen LogP contribution >= 0.6 is 0 Å². The van der Waals surface area contributed by atoms with E-state index < -0.39 is 0 Å². The maximum absolute atomic E-state index is 12.6. The Bertz CT molecular complexity index is 3570. The molecule has 0 aliphatic heterocycles. The monoisotopic (exact) mass is 906 g/mol. The fraction of sp³-hybridized carbons (Fsp3) is 0.254. The lowest BCUT2D eigenvalue weighted by Crippen LogP contribution is -2.17. The summed E-state index contributed by atoms with van der Waals surface area (Å²) in [4.78, 5) is 15.5. The van der Waals surface area contributed by atoms with Gasteiger partial charge in [0.1, 0.15) is 29.2 Å². The highest BCUT2D eigenvalue weighted by Crippen LogP contribution is 2.46. The Balaban J connectivity index is 1.24. The Morgan fingerprint density at radius 3 is 1.88 bits per heavy atom. The zero-order chi connectivity index (χ0) is 48.8. The summed E-state index contributed by atoms with van der Waals surface area (Å²) in [5.41, 5.74) is 15.8. The molecule has 0 saturated carbocycles. The van der Waals surface area contributed by atoms with Gasteiger partial charge in [-0.15, -0.1) is 0 Å². The van der Waals surface area contributed by atoms with Crippen molar-refractivity contribution in [2.24, 2.45) is 0 Å². The molecular weight excluding hydrogens is 845 g/mol. The van der Waals surface area contributed by atoms with E-state index in [9.17, 15) is 5.11 Å². The molecule has 0 aliphatic rings. The van der Waals surface area contributed by atoms with Crippen LogP contribution in [0, 0.1) is 0 Å². The van der Waals surface area contributed by atoms with Gasteiger partial charge >= 0.3 is 0 Å². The van der Waals surface area contributed by atoms with E-state index in [1.54, 1.807) is 6.33 Å². The summed E-state index contributed by atoms with van der Waals surface area (Å²) < 4.78 is 8.55. The molecule has 0 atom stereocenters. The molecule has 0 spiro atoms. The normalized spacial score (nSPS) is 12.7. The van der Waals surface area contributed by atoms with Gasteiger partial charge in [0.25, 0.3) is 0 Å². The van der Waals surface area contributed by atoms with Gasteiger partial charge in [-0.25, -0.2) is 15.0 Å². The smallest absolute Gasteiger partial charge is 0.149 e. The summed E-state index contributed by atoms with van der Waals surface area (Å²) in [6, 6.07) is 51.6. The molecule has 1 N–H and O–H groups in total. The second-order valence-corrected chi connectivity index (χ2v) is 22.9. The van der Waals surface area contributed by atoms with Crippen molar-refractivity contribution in [2.45, 2.75) is 105 Å². The predicted octanol–water partition coefficient (Wildman–Crippen LogP) is 16.9. The Morgan fingerprint density at radius 1 is 0.493 bits per heavy atom. The second kappa shape index (κ2) is 16.4. The number of hydrogen-bond donors (Lipinski definition) is 1. The molecule has 0 unspecified atom stereocenters. The number of rotatable bonds is 6. The molecular formula is C63H62N4O2. The first-order valence-electron chi connectivity index (χ1n) is 24.1. The predicted molar refractivity (Wildman–Crippen MR) is 288 cm³/mol. The first kappa shape index (κ1) is 45.5. The standard InChI is InChI=1S/C63H62N4O2/c1-60(2,3)43-26-28-52(48(34-43)38-19-14-13-15-20-38)67-53-23-18-22-46(57(53)66-59(67)49-35-45(62(7,8)9)36-50(58(49)68)63(10,11)12)41-29-42(31-44(30-41)61(4,5)6)56-47-27-25-40(32-51(47)64-37-65-56)55-33-39-21-16-17-24-54(39)69-55/h13-37,68H,1-12H3. The topological polar surface area (TPSA) is 77.0 Å². The highest BCUT2D eigenvalue weighted by atomic mass is 16.3. The van der Waals surface area contributed by atoms with E-state index in [0.29, 0.717) is 11.4 Å². The van der Waals surface area contributed by atoms with Crippen LogP contribution in [0.15, 0.2) is 156 Å². The number of phenols is 1. The molecule has 10 rings (SSSR count). The van der Waals surface area contributed by atoms with Crippen LogP contribution in [0.4, 0.5) is 0 Å². The molecule has 0 fully saturated rings. The van der Waals surface area contributed by atoms with Gasteiger partial charge in [0.05, 0.1) is 33.5 Å². The molecule has 0 saturated heterocycles. The van der Waals surface area contributed by atoms with Crippen LogP contribution in [0.5, 0.6) is 5.75 Å². The lowest BCUT2D eigenvalue weighted by atomic mass is 9.79. The number of para-hydroxylation sites is 2. The maximum atomic E-state index is 12.6. The van der Waals surface area contributed by atoms with E-state index in [2.05, 4.69) is 215 Å². The molecule has 0 aliphatic carbocycles. The van der Waals surface area contributed by atoms with E-state index in [-0.39, 0.29) is 27.4 Å². The van der Waals surface area contributed by atoms with Gasteiger partial charge in [0.2, 0.25) is 0 Å². The number of imidazole rings is 1. The summed E-state index contributed by atoms with van der Waals surface area (Å²) in [5.74, 6) is 1.73. The van der Waals surface area contributed by atoms with Gasteiger partial charge in [-0.3, -0.25) is 4.57 Å². The molecule has 346 valence electrons. The summed E-state index contributed by atoms with van der Waals surface area (Å²) in [6.07, 6.45) is 1.66. The van der Waals surface area contributed by atoms with Crippen LogP contribution in [0.2, 0.25) is 0 Å². The fourth-order valence-electron chi connectivity index (χ4n) is 9.53. The highest BCUT2D eigenvalue weighted by Gasteiger charge is 2.30. The molecule has 0 bridgehead atoms. The third-order valence-corrected chi connectivity index (χ3v) is 13.6. The van der Waals surface area contributed by atoms with Crippen molar-refractivity contribution in [3.8, 4) is 67.7 Å². The van der Waals surface area contributed by atoms with Crippen molar-refractivity contribution in [2.75, 3.05) is 0 Å². The van der Waals surface area contributed by atoms with E-state index in [4.69, 9.17) is 19.4 Å². The number of hydrogen-bond acceptors (Lipinski definition) is 5. The van der Waals surface area contributed by atoms with Gasteiger partial charge in [0.15, 0.2) is 0 Å². The van der Waals surface area contributed by atoms with Gasteiger partial charge < -0.3 is 9.52 Å². The Hall–Kier alpha value is -7.31. The Morgan fingerprint density at radius 2 is 1.17 bits per heavy atom. The highest BCUT2D eigenvalue weighted by molar-refractivity contribution is 6.00. The summed E-state index contributed by atoms with van der Waals surface area (Å²) in [6.45, 7) is 26.7. The van der Waals surface area contributed by atoms with Crippen molar-refractivity contribution in [1.29, 1.82) is 0 Å². The van der Waals surface area contributed by atoms with Crippen LogP contribution in [0.25, 0.3) is 94.8 Å². The molecule has 0 amide bonds. The van der Waals surface area contributed by atoms with Crippen molar-refractivity contribution >= 4 is 32.9 Å². The second-order valence-electron chi connectivity index (χ2n) is 22.9. The first-order valence-corrected chi connectivity index (χ1v) is 24.1. The van der Waals surface area contributed by atoms with Gasteiger partial charge in [-0.05, 0) is 110 Å². The maximum Gasteiger partial charge on any atom is 0.149 e. The lowest BCUT2D eigenvalue weighted by molar-refractivity contribution is 0.446. The van der Waals surface area contributed by atoms with Crippen LogP contribution in [0.3, 0.4) is 0 Å². The average Bonchev–Trinajstić information content (AvgIpc) is 3.92. The number of phenolic OH excluding ortho intramolecular Hbond substituents is 1. The van der Waals surface area contributed by atoms with E-state index in [1.807, 2.05) is 18.2 Å². The summed E-state index contributed by atoms with van der Waals surface area (Å²) >= 11 is 0. The quantitative estimate of drug-likeness (QED) is 0.180. The lowest BCUT2D eigenvalue weighted by Gasteiger charge is -2.28. The van der Waals surface area contributed by atoms with Crippen LogP contribution in [-0.2, 0) is 21.7 Å². The molecule has 10 aromatic rings. The minimum Gasteiger partial charge on any atom is -0.507 e. The average molecular weight is 907 g/mol.